The van der Waals surface area contributed by atoms with Gasteiger partial charge < -0.3 is 19.6 Å². The zero-order valence-corrected chi connectivity index (χ0v) is 10.6. The fraction of sp³-hybridized carbons (Fsp3) is 0.818. The van der Waals surface area contributed by atoms with Crippen LogP contribution in [0.5, 0.6) is 0 Å². The summed E-state index contributed by atoms with van der Waals surface area (Å²) in [6.07, 6.45) is 0. The Kier molecular flexibility index (Phi) is 4.34. The van der Waals surface area contributed by atoms with Crippen molar-refractivity contribution in [1.82, 2.24) is 9.80 Å². The Labute approximate surface area is 101 Å². The van der Waals surface area contributed by atoms with E-state index < -0.39 is 11.5 Å². The average Bonchev–Trinajstić information content (AvgIpc) is 2.24. The first-order chi connectivity index (χ1) is 7.82. The zero-order chi connectivity index (χ0) is 13.1. The number of morpholine rings is 1. The summed E-state index contributed by atoms with van der Waals surface area (Å²) in [6, 6.07) is -0.233. The number of ether oxygens (including phenoxy) is 1. The van der Waals surface area contributed by atoms with Gasteiger partial charge in [0.1, 0.15) is 6.54 Å². The summed E-state index contributed by atoms with van der Waals surface area (Å²) in [6.45, 7) is 7.26. The normalized spacial score (nSPS) is 16.8. The molecule has 0 bridgehead atoms. The van der Waals surface area contributed by atoms with Crippen LogP contribution in [-0.4, -0.2) is 65.3 Å². The van der Waals surface area contributed by atoms with Gasteiger partial charge >= 0.3 is 12.0 Å². The zero-order valence-electron chi connectivity index (χ0n) is 10.6. The summed E-state index contributed by atoms with van der Waals surface area (Å²) in [5.74, 6) is -0.999. The highest BCUT2D eigenvalue weighted by molar-refractivity contribution is 5.81. The van der Waals surface area contributed by atoms with Crippen LogP contribution in [0.1, 0.15) is 20.8 Å². The number of rotatable bonds is 2. The molecule has 0 unspecified atom stereocenters. The van der Waals surface area contributed by atoms with Crippen molar-refractivity contribution in [3.63, 3.8) is 0 Å². The molecule has 1 fully saturated rings. The van der Waals surface area contributed by atoms with E-state index in [2.05, 4.69) is 0 Å². The minimum absolute atomic E-state index is 0.233. The Bertz CT molecular complexity index is 292. The fourth-order valence-corrected chi connectivity index (χ4v) is 1.65. The van der Waals surface area contributed by atoms with Crippen molar-refractivity contribution < 1.29 is 19.4 Å². The van der Waals surface area contributed by atoms with E-state index in [1.165, 1.54) is 4.90 Å². The molecule has 0 aromatic rings. The molecule has 2 amide bonds. The van der Waals surface area contributed by atoms with Crippen LogP contribution in [-0.2, 0) is 9.53 Å². The molecule has 6 nitrogen and oxygen atoms in total. The fourth-order valence-electron chi connectivity index (χ4n) is 1.65. The van der Waals surface area contributed by atoms with Gasteiger partial charge in [-0.15, -0.1) is 0 Å². The first-order valence-corrected chi connectivity index (χ1v) is 5.68. The SMILES string of the molecule is CC(C)(C)N(CC(=O)O)C(=O)N1CCOCC1. The summed E-state index contributed by atoms with van der Waals surface area (Å²) in [5.41, 5.74) is -0.506. The van der Waals surface area contributed by atoms with Crippen molar-refractivity contribution >= 4 is 12.0 Å². The molecular weight excluding hydrogens is 224 g/mol. The molecule has 1 saturated heterocycles. The first-order valence-electron chi connectivity index (χ1n) is 5.68. The van der Waals surface area contributed by atoms with Crippen molar-refractivity contribution in [1.29, 1.82) is 0 Å². The van der Waals surface area contributed by atoms with Gasteiger partial charge in [-0.2, -0.15) is 0 Å². The maximum Gasteiger partial charge on any atom is 0.323 e. The molecule has 0 radical (unpaired) electrons. The Morgan fingerprint density at radius 3 is 2.24 bits per heavy atom. The molecule has 1 N–H and O–H groups in total. The van der Waals surface area contributed by atoms with Gasteiger partial charge in [0.2, 0.25) is 0 Å². The minimum atomic E-state index is -0.999. The second kappa shape index (κ2) is 5.35. The van der Waals surface area contributed by atoms with E-state index in [1.807, 2.05) is 20.8 Å². The van der Waals surface area contributed by atoms with E-state index in [4.69, 9.17) is 9.84 Å². The number of aliphatic carboxylic acids is 1. The quantitative estimate of drug-likeness (QED) is 0.773. The third-order valence-electron chi connectivity index (χ3n) is 2.62. The summed E-state index contributed by atoms with van der Waals surface area (Å²) in [5, 5.41) is 8.86. The van der Waals surface area contributed by atoms with Crippen LogP contribution >= 0.6 is 0 Å². The number of urea groups is 1. The lowest BCUT2D eigenvalue weighted by Crippen LogP contribution is -2.55. The van der Waals surface area contributed by atoms with Crippen molar-refractivity contribution in [2.24, 2.45) is 0 Å². The molecule has 0 saturated carbocycles. The molecule has 1 aliphatic rings. The van der Waals surface area contributed by atoms with E-state index in [0.29, 0.717) is 26.3 Å². The van der Waals surface area contributed by atoms with Gasteiger partial charge in [0.25, 0.3) is 0 Å². The van der Waals surface area contributed by atoms with Crippen molar-refractivity contribution in [2.75, 3.05) is 32.8 Å². The average molecular weight is 244 g/mol. The minimum Gasteiger partial charge on any atom is -0.480 e. The maximum atomic E-state index is 12.2. The van der Waals surface area contributed by atoms with Crippen LogP contribution in [0.4, 0.5) is 4.79 Å². The van der Waals surface area contributed by atoms with Gasteiger partial charge in [0, 0.05) is 18.6 Å². The van der Waals surface area contributed by atoms with E-state index in [1.54, 1.807) is 4.90 Å². The number of carboxylic acids is 1. The highest BCUT2D eigenvalue weighted by Gasteiger charge is 2.32. The van der Waals surface area contributed by atoms with Gasteiger partial charge in [0.05, 0.1) is 13.2 Å². The molecular formula is C11H20N2O4. The van der Waals surface area contributed by atoms with Gasteiger partial charge in [-0.3, -0.25) is 4.79 Å². The summed E-state index contributed by atoms with van der Waals surface area (Å²) in [7, 11) is 0. The number of carbonyl (C=O) groups excluding carboxylic acids is 1. The monoisotopic (exact) mass is 244 g/mol. The highest BCUT2D eigenvalue weighted by atomic mass is 16.5. The maximum absolute atomic E-state index is 12.2. The number of nitrogens with zero attached hydrogens (tertiary/aromatic N) is 2. The van der Waals surface area contributed by atoms with Crippen LogP contribution in [0.3, 0.4) is 0 Å². The highest BCUT2D eigenvalue weighted by Crippen LogP contribution is 2.16. The Morgan fingerprint density at radius 1 is 1.29 bits per heavy atom. The molecule has 0 aliphatic carbocycles. The second-order valence-corrected chi connectivity index (χ2v) is 5.03. The number of carboxylic acid groups (broad SMARTS) is 1. The summed E-state index contributed by atoms with van der Waals surface area (Å²) < 4.78 is 5.17. The standard InChI is InChI=1S/C11H20N2O4/c1-11(2,3)13(8-9(14)15)10(16)12-4-6-17-7-5-12/h4-8H2,1-3H3,(H,14,15). The summed E-state index contributed by atoms with van der Waals surface area (Å²) in [4.78, 5) is 26.0. The van der Waals surface area contributed by atoms with Crippen LogP contribution < -0.4 is 0 Å². The van der Waals surface area contributed by atoms with Crippen LogP contribution in [0.25, 0.3) is 0 Å². The third kappa shape index (κ3) is 3.89. The molecule has 0 aromatic carbocycles. The smallest absolute Gasteiger partial charge is 0.323 e. The predicted molar refractivity (Wildman–Crippen MR) is 61.9 cm³/mol. The number of carbonyl (C=O) groups is 2. The largest absolute Gasteiger partial charge is 0.480 e. The third-order valence-corrected chi connectivity index (χ3v) is 2.62. The van der Waals surface area contributed by atoms with Crippen LogP contribution in [0, 0.1) is 0 Å². The van der Waals surface area contributed by atoms with Gasteiger partial charge in [-0.25, -0.2) is 4.79 Å². The molecule has 0 atom stereocenters. The summed E-state index contributed by atoms with van der Waals surface area (Å²) >= 11 is 0. The van der Waals surface area contributed by atoms with Gasteiger partial charge in [-0.05, 0) is 20.8 Å². The second-order valence-electron chi connectivity index (χ2n) is 5.03. The predicted octanol–water partition coefficient (Wildman–Crippen LogP) is 0.624. The van der Waals surface area contributed by atoms with E-state index >= 15 is 0 Å². The Morgan fingerprint density at radius 2 is 1.82 bits per heavy atom. The molecule has 6 heteroatoms. The lowest BCUT2D eigenvalue weighted by Gasteiger charge is -2.39. The van der Waals surface area contributed by atoms with Crippen LogP contribution in [0.15, 0.2) is 0 Å². The number of hydrogen-bond acceptors (Lipinski definition) is 3. The lowest BCUT2D eigenvalue weighted by molar-refractivity contribution is -0.138. The van der Waals surface area contributed by atoms with Crippen molar-refractivity contribution in [2.45, 2.75) is 26.3 Å². The van der Waals surface area contributed by atoms with E-state index in [9.17, 15) is 9.59 Å². The van der Waals surface area contributed by atoms with E-state index in [0.717, 1.165) is 0 Å². The van der Waals surface area contributed by atoms with Gasteiger partial charge in [-0.1, -0.05) is 0 Å². The van der Waals surface area contributed by atoms with Crippen molar-refractivity contribution in [3.8, 4) is 0 Å². The number of hydrogen-bond donors (Lipinski definition) is 1. The molecule has 1 heterocycles. The molecule has 0 aromatic heterocycles. The Balaban J connectivity index is 2.74. The molecule has 17 heavy (non-hydrogen) atoms. The lowest BCUT2D eigenvalue weighted by atomic mass is 10.1. The van der Waals surface area contributed by atoms with Crippen molar-refractivity contribution in [3.05, 3.63) is 0 Å². The van der Waals surface area contributed by atoms with Crippen LogP contribution in [0.2, 0.25) is 0 Å². The first kappa shape index (κ1) is 13.8. The molecule has 1 rings (SSSR count). The van der Waals surface area contributed by atoms with Gasteiger partial charge in [0.15, 0.2) is 0 Å². The Hall–Kier alpha value is -1.30. The van der Waals surface area contributed by atoms with E-state index in [-0.39, 0.29) is 12.6 Å². The topological polar surface area (TPSA) is 70.1 Å². The molecule has 1 aliphatic heterocycles. The molecule has 98 valence electrons. The number of amides is 2. The molecule has 0 spiro atoms.